The fourth-order valence-electron chi connectivity index (χ4n) is 2.30. The Morgan fingerprint density at radius 3 is 2.44 bits per heavy atom. The van der Waals surface area contributed by atoms with Gasteiger partial charge in [0.2, 0.25) is 10.0 Å². The van der Waals surface area contributed by atoms with Crippen LogP contribution in [0, 0.1) is 5.82 Å². The quantitative estimate of drug-likeness (QED) is 0.656. The molecule has 2 N–H and O–H groups in total. The van der Waals surface area contributed by atoms with Crippen molar-refractivity contribution in [2.24, 2.45) is 0 Å². The topological polar surface area (TPSA) is 88.4 Å². The molecule has 0 fully saturated rings. The molecule has 0 aliphatic carbocycles. The molecule has 9 heteroatoms. The Hall–Kier alpha value is -2.84. The third kappa shape index (κ3) is 4.87. The second-order valence-corrected chi connectivity index (χ2v) is 7.88. The number of rotatable bonds is 5. The highest BCUT2D eigenvalue weighted by Gasteiger charge is 2.14. The van der Waals surface area contributed by atoms with Crippen LogP contribution in [0.15, 0.2) is 59.0 Å². The van der Waals surface area contributed by atoms with E-state index >= 15 is 0 Å². The normalized spacial score (nSPS) is 11.2. The molecule has 2 aromatic carbocycles. The summed E-state index contributed by atoms with van der Waals surface area (Å²) in [5.41, 5.74) is 0.688. The minimum absolute atomic E-state index is 0.0434. The van der Waals surface area contributed by atoms with E-state index in [0.717, 1.165) is 17.9 Å². The van der Waals surface area contributed by atoms with E-state index in [-0.39, 0.29) is 17.1 Å². The van der Waals surface area contributed by atoms with Crippen molar-refractivity contribution in [2.45, 2.75) is 0 Å². The smallest absolute Gasteiger partial charge is 0.291 e. The van der Waals surface area contributed by atoms with Crippen LogP contribution >= 0.6 is 11.6 Å². The molecule has 3 aromatic rings. The summed E-state index contributed by atoms with van der Waals surface area (Å²) < 4.78 is 43.9. The standard InChI is InChI=1S/C18H14ClFN2O4S/c1-27(24,25)22-15-10-13(6-7-14(15)20)21-18(23)17-9-8-16(26-17)11-2-4-12(19)5-3-11/h2-10,22H,1H3,(H,21,23). The summed E-state index contributed by atoms with van der Waals surface area (Å²) in [6.45, 7) is 0. The van der Waals surface area contributed by atoms with E-state index in [0.29, 0.717) is 10.8 Å². The maximum Gasteiger partial charge on any atom is 0.291 e. The SMILES string of the molecule is CS(=O)(=O)Nc1cc(NC(=O)c2ccc(-c3ccc(Cl)cc3)o2)ccc1F. The van der Waals surface area contributed by atoms with Gasteiger partial charge in [0.15, 0.2) is 5.76 Å². The second-order valence-electron chi connectivity index (χ2n) is 5.69. The number of carbonyl (C=O) groups is 1. The monoisotopic (exact) mass is 408 g/mol. The molecule has 27 heavy (non-hydrogen) atoms. The number of furan rings is 1. The van der Waals surface area contributed by atoms with Gasteiger partial charge < -0.3 is 9.73 Å². The predicted octanol–water partition coefficient (Wildman–Crippen LogP) is 4.36. The summed E-state index contributed by atoms with van der Waals surface area (Å²) in [4.78, 5) is 12.3. The average Bonchev–Trinajstić information content (AvgIpc) is 3.07. The molecule has 1 aromatic heterocycles. The molecule has 140 valence electrons. The van der Waals surface area contributed by atoms with E-state index in [4.69, 9.17) is 16.0 Å². The van der Waals surface area contributed by atoms with Crippen molar-refractivity contribution in [3.63, 3.8) is 0 Å². The summed E-state index contributed by atoms with van der Waals surface area (Å²) in [6.07, 6.45) is 0.902. The predicted molar refractivity (Wildman–Crippen MR) is 102 cm³/mol. The molecule has 0 saturated carbocycles. The highest BCUT2D eigenvalue weighted by molar-refractivity contribution is 7.92. The van der Waals surface area contributed by atoms with E-state index in [1.165, 1.54) is 18.2 Å². The first kappa shape index (κ1) is 18.9. The van der Waals surface area contributed by atoms with Crippen LogP contribution in [0.1, 0.15) is 10.6 Å². The average molecular weight is 409 g/mol. The van der Waals surface area contributed by atoms with Gasteiger partial charge in [-0.1, -0.05) is 11.6 Å². The molecule has 0 aliphatic heterocycles. The third-order valence-electron chi connectivity index (χ3n) is 3.48. The fourth-order valence-corrected chi connectivity index (χ4v) is 2.98. The lowest BCUT2D eigenvalue weighted by Crippen LogP contribution is -2.13. The van der Waals surface area contributed by atoms with Crippen LogP contribution in [0.4, 0.5) is 15.8 Å². The number of amides is 1. The lowest BCUT2D eigenvalue weighted by atomic mass is 10.2. The molecule has 1 heterocycles. The van der Waals surface area contributed by atoms with Crippen LogP contribution < -0.4 is 10.0 Å². The summed E-state index contributed by atoms with van der Waals surface area (Å²) in [7, 11) is -3.66. The third-order valence-corrected chi connectivity index (χ3v) is 4.32. The Bertz CT molecular complexity index is 1090. The number of halogens is 2. The first-order valence-electron chi connectivity index (χ1n) is 7.66. The second kappa shape index (κ2) is 7.42. The van der Waals surface area contributed by atoms with E-state index in [2.05, 4.69) is 5.32 Å². The Labute approximate surface area is 160 Å². The van der Waals surface area contributed by atoms with Gasteiger partial charge in [-0.25, -0.2) is 12.8 Å². The molecule has 0 radical (unpaired) electrons. The van der Waals surface area contributed by atoms with Crippen LogP contribution in [0.25, 0.3) is 11.3 Å². The number of hydrogen-bond donors (Lipinski definition) is 2. The van der Waals surface area contributed by atoms with Crippen molar-refractivity contribution in [3.8, 4) is 11.3 Å². The molecule has 1 amide bonds. The molecule has 0 aliphatic rings. The Kier molecular flexibility index (Phi) is 5.20. The zero-order valence-corrected chi connectivity index (χ0v) is 15.6. The largest absolute Gasteiger partial charge is 0.451 e. The van der Waals surface area contributed by atoms with Gasteiger partial charge in [-0.15, -0.1) is 0 Å². The lowest BCUT2D eigenvalue weighted by molar-refractivity contribution is 0.0997. The van der Waals surface area contributed by atoms with Gasteiger partial charge in [-0.05, 0) is 54.6 Å². The summed E-state index contributed by atoms with van der Waals surface area (Å²) in [6, 6.07) is 13.6. The van der Waals surface area contributed by atoms with E-state index < -0.39 is 21.7 Å². The number of sulfonamides is 1. The van der Waals surface area contributed by atoms with Crippen molar-refractivity contribution >= 4 is 38.9 Å². The van der Waals surface area contributed by atoms with Crippen molar-refractivity contribution in [3.05, 3.63) is 71.2 Å². The van der Waals surface area contributed by atoms with Crippen molar-refractivity contribution < 1.29 is 22.0 Å². The molecule has 0 spiro atoms. The van der Waals surface area contributed by atoms with Crippen LogP contribution in [-0.2, 0) is 10.0 Å². The van der Waals surface area contributed by atoms with Gasteiger partial charge in [0.05, 0.1) is 11.9 Å². The molecule has 0 atom stereocenters. The maximum atomic E-state index is 13.7. The van der Waals surface area contributed by atoms with Crippen molar-refractivity contribution in [1.29, 1.82) is 0 Å². The summed E-state index contributed by atoms with van der Waals surface area (Å²) in [5, 5.41) is 3.11. The molecule has 0 bridgehead atoms. The molecule has 3 rings (SSSR count). The van der Waals surface area contributed by atoms with E-state index in [1.54, 1.807) is 30.3 Å². The van der Waals surface area contributed by atoms with E-state index in [1.807, 2.05) is 4.72 Å². The van der Waals surface area contributed by atoms with Gasteiger partial charge in [0.25, 0.3) is 5.91 Å². The number of nitrogens with one attached hydrogen (secondary N) is 2. The zero-order chi connectivity index (χ0) is 19.6. The lowest BCUT2D eigenvalue weighted by Gasteiger charge is -2.08. The van der Waals surface area contributed by atoms with Crippen LogP contribution in [0.5, 0.6) is 0 Å². The highest BCUT2D eigenvalue weighted by Crippen LogP contribution is 2.25. The van der Waals surface area contributed by atoms with Gasteiger partial charge in [0.1, 0.15) is 11.6 Å². The minimum Gasteiger partial charge on any atom is -0.451 e. The zero-order valence-electron chi connectivity index (χ0n) is 14.0. The molecule has 0 unspecified atom stereocenters. The number of carbonyl (C=O) groups excluding carboxylic acids is 1. The first-order chi connectivity index (χ1) is 12.7. The number of benzene rings is 2. The molecular weight excluding hydrogens is 395 g/mol. The molecule has 0 saturated heterocycles. The molecular formula is C18H14ClFN2O4S. The minimum atomic E-state index is -3.66. The van der Waals surface area contributed by atoms with Gasteiger partial charge in [-0.3, -0.25) is 9.52 Å². The maximum absolute atomic E-state index is 13.7. The Morgan fingerprint density at radius 1 is 1.07 bits per heavy atom. The van der Waals surface area contributed by atoms with Gasteiger partial charge in [-0.2, -0.15) is 0 Å². The number of anilines is 2. The van der Waals surface area contributed by atoms with Crippen LogP contribution in [0.2, 0.25) is 5.02 Å². The summed E-state index contributed by atoms with van der Waals surface area (Å²) in [5.74, 6) is -0.800. The Balaban J connectivity index is 1.78. The van der Waals surface area contributed by atoms with Crippen molar-refractivity contribution in [2.75, 3.05) is 16.3 Å². The van der Waals surface area contributed by atoms with Gasteiger partial charge >= 0.3 is 0 Å². The van der Waals surface area contributed by atoms with Crippen LogP contribution in [-0.4, -0.2) is 20.6 Å². The van der Waals surface area contributed by atoms with Crippen molar-refractivity contribution in [1.82, 2.24) is 0 Å². The first-order valence-corrected chi connectivity index (χ1v) is 9.93. The van der Waals surface area contributed by atoms with E-state index in [9.17, 15) is 17.6 Å². The molecule has 6 nitrogen and oxygen atoms in total. The number of hydrogen-bond acceptors (Lipinski definition) is 4. The van der Waals surface area contributed by atoms with Gasteiger partial charge in [0, 0.05) is 16.3 Å². The summed E-state index contributed by atoms with van der Waals surface area (Å²) >= 11 is 5.84. The van der Waals surface area contributed by atoms with Crippen LogP contribution in [0.3, 0.4) is 0 Å². The Morgan fingerprint density at radius 2 is 1.78 bits per heavy atom. The fraction of sp³-hybridized carbons (Fsp3) is 0.0556. The highest BCUT2D eigenvalue weighted by atomic mass is 35.5.